The van der Waals surface area contributed by atoms with Gasteiger partial charge in [-0.15, -0.1) is 0 Å². The van der Waals surface area contributed by atoms with Crippen LogP contribution in [0.3, 0.4) is 0 Å². The molecule has 2 rings (SSSR count). The molecule has 106 valence electrons. The molecule has 2 aromatic rings. The number of nitrogens with one attached hydrogen (secondary N) is 1. The Balaban J connectivity index is 2.13. The lowest BCUT2D eigenvalue weighted by Gasteiger charge is -2.10. The summed E-state index contributed by atoms with van der Waals surface area (Å²) in [7, 11) is 1.42. The average Bonchev–Trinajstić information content (AvgIpc) is 2.41. The Morgan fingerprint density at radius 3 is 2.40 bits per heavy atom. The van der Waals surface area contributed by atoms with E-state index in [2.05, 4.69) is 5.32 Å². The minimum atomic E-state index is -0.410. The predicted octanol–water partition coefficient (Wildman–Crippen LogP) is 5.41. The summed E-state index contributed by atoms with van der Waals surface area (Å²) < 4.78 is 18.4. The Kier molecular flexibility index (Phi) is 4.97. The van der Waals surface area contributed by atoms with E-state index in [1.54, 1.807) is 24.3 Å². The van der Waals surface area contributed by atoms with Gasteiger partial charge in [-0.05, 0) is 29.8 Å². The molecule has 0 aliphatic rings. The summed E-state index contributed by atoms with van der Waals surface area (Å²) in [6.07, 6.45) is 0. The number of ether oxygens (including phenoxy) is 1. The number of hydrogen-bond donors (Lipinski definition) is 1. The van der Waals surface area contributed by atoms with Gasteiger partial charge in [-0.1, -0.05) is 40.9 Å². The summed E-state index contributed by atoms with van der Waals surface area (Å²) in [5, 5.41) is 4.32. The first-order valence-electron chi connectivity index (χ1n) is 5.72. The molecule has 2 nitrogen and oxygen atoms in total. The normalized spacial score (nSPS) is 10.4. The van der Waals surface area contributed by atoms with Crippen LogP contribution in [0.5, 0.6) is 5.75 Å². The molecule has 0 spiro atoms. The van der Waals surface area contributed by atoms with Gasteiger partial charge >= 0.3 is 0 Å². The maximum absolute atomic E-state index is 13.6. The average molecular weight is 335 g/mol. The van der Waals surface area contributed by atoms with E-state index in [9.17, 15) is 4.39 Å². The number of anilines is 1. The molecule has 20 heavy (non-hydrogen) atoms. The second kappa shape index (κ2) is 6.53. The van der Waals surface area contributed by atoms with E-state index in [4.69, 9.17) is 39.5 Å². The van der Waals surface area contributed by atoms with Crippen LogP contribution in [0.25, 0.3) is 0 Å². The third-order valence-electron chi connectivity index (χ3n) is 2.71. The van der Waals surface area contributed by atoms with Gasteiger partial charge in [0.15, 0.2) is 11.6 Å². The van der Waals surface area contributed by atoms with Crippen molar-refractivity contribution in [3.8, 4) is 5.75 Å². The maximum atomic E-state index is 13.6. The van der Waals surface area contributed by atoms with Gasteiger partial charge < -0.3 is 10.1 Å². The number of hydrogen-bond acceptors (Lipinski definition) is 2. The zero-order chi connectivity index (χ0) is 14.7. The van der Waals surface area contributed by atoms with E-state index < -0.39 is 5.82 Å². The highest BCUT2D eigenvalue weighted by molar-refractivity contribution is 6.44. The van der Waals surface area contributed by atoms with E-state index >= 15 is 0 Å². The van der Waals surface area contributed by atoms with Gasteiger partial charge in [0.25, 0.3) is 0 Å². The molecule has 0 saturated heterocycles. The van der Waals surface area contributed by atoms with Crippen molar-refractivity contribution >= 4 is 40.5 Å². The highest BCUT2D eigenvalue weighted by atomic mass is 35.5. The number of rotatable bonds is 4. The lowest BCUT2D eigenvalue weighted by Crippen LogP contribution is -2.01. The van der Waals surface area contributed by atoms with Crippen LogP contribution >= 0.6 is 34.8 Å². The van der Waals surface area contributed by atoms with Crippen molar-refractivity contribution in [3.05, 3.63) is 56.8 Å². The zero-order valence-electron chi connectivity index (χ0n) is 10.5. The number of halogens is 4. The second-order valence-electron chi connectivity index (χ2n) is 4.07. The fourth-order valence-corrected chi connectivity index (χ4v) is 2.29. The van der Waals surface area contributed by atoms with Crippen molar-refractivity contribution in [2.45, 2.75) is 6.54 Å². The van der Waals surface area contributed by atoms with E-state index in [1.807, 2.05) is 0 Å². The summed E-state index contributed by atoms with van der Waals surface area (Å²) in [4.78, 5) is 0. The van der Waals surface area contributed by atoms with Crippen LogP contribution in [-0.2, 0) is 6.54 Å². The molecule has 0 amide bonds. The molecule has 0 unspecified atom stereocenters. The molecule has 6 heteroatoms. The Hall–Kier alpha value is -1.16. The van der Waals surface area contributed by atoms with Crippen molar-refractivity contribution in [1.82, 2.24) is 0 Å². The summed E-state index contributed by atoms with van der Waals surface area (Å²) in [5.41, 5.74) is 1.39. The molecule has 2 aromatic carbocycles. The molecule has 0 bridgehead atoms. The summed E-state index contributed by atoms with van der Waals surface area (Å²) in [6.45, 7) is 0.401. The monoisotopic (exact) mass is 333 g/mol. The SMILES string of the molecule is COc1ccc(CNc2cc(Cl)c(Cl)cc2Cl)cc1F. The lowest BCUT2D eigenvalue weighted by molar-refractivity contribution is 0.386. The first kappa shape index (κ1) is 15.2. The van der Waals surface area contributed by atoms with Crippen molar-refractivity contribution in [3.63, 3.8) is 0 Å². The van der Waals surface area contributed by atoms with E-state index in [0.29, 0.717) is 27.3 Å². The minimum absolute atomic E-state index is 0.210. The topological polar surface area (TPSA) is 21.3 Å². The molecule has 0 saturated carbocycles. The van der Waals surface area contributed by atoms with Crippen LogP contribution in [0, 0.1) is 5.82 Å². The Morgan fingerprint density at radius 1 is 1.05 bits per heavy atom. The number of benzene rings is 2. The van der Waals surface area contributed by atoms with Crippen LogP contribution in [0.1, 0.15) is 5.56 Å². The summed E-state index contributed by atoms with van der Waals surface area (Å²) in [6, 6.07) is 7.93. The van der Waals surface area contributed by atoms with E-state index in [0.717, 1.165) is 5.56 Å². The largest absolute Gasteiger partial charge is 0.494 e. The fourth-order valence-electron chi connectivity index (χ4n) is 1.68. The van der Waals surface area contributed by atoms with Crippen molar-refractivity contribution < 1.29 is 9.13 Å². The van der Waals surface area contributed by atoms with Gasteiger partial charge in [-0.3, -0.25) is 0 Å². The third-order valence-corrected chi connectivity index (χ3v) is 3.74. The zero-order valence-corrected chi connectivity index (χ0v) is 12.8. The Labute approximate surface area is 131 Å². The minimum Gasteiger partial charge on any atom is -0.494 e. The van der Waals surface area contributed by atoms with Gasteiger partial charge in [-0.2, -0.15) is 0 Å². The Bertz CT molecular complexity index is 634. The van der Waals surface area contributed by atoms with Crippen LogP contribution in [0.2, 0.25) is 15.1 Å². The molecule has 0 atom stereocenters. The molecular formula is C14H11Cl3FNO. The van der Waals surface area contributed by atoms with Gasteiger partial charge in [0, 0.05) is 6.54 Å². The highest BCUT2D eigenvalue weighted by Gasteiger charge is 2.07. The standard InChI is InChI=1S/C14H11Cl3FNO/c1-20-14-3-2-8(4-12(14)18)7-19-13-6-10(16)9(15)5-11(13)17/h2-6,19H,7H2,1H3. The molecule has 1 N–H and O–H groups in total. The molecule has 0 heterocycles. The molecule has 0 fully saturated rings. The highest BCUT2D eigenvalue weighted by Crippen LogP contribution is 2.32. The van der Waals surface area contributed by atoms with Crippen molar-refractivity contribution in [1.29, 1.82) is 0 Å². The number of methoxy groups -OCH3 is 1. The van der Waals surface area contributed by atoms with E-state index in [-0.39, 0.29) is 5.75 Å². The van der Waals surface area contributed by atoms with Gasteiger partial charge in [0.05, 0.1) is 27.9 Å². The van der Waals surface area contributed by atoms with Gasteiger partial charge in [0.2, 0.25) is 0 Å². The fraction of sp³-hybridized carbons (Fsp3) is 0.143. The smallest absolute Gasteiger partial charge is 0.165 e. The summed E-state index contributed by atoms with van der Waals surface area (Å²) in [5.74, 6) is -0.201. The van der Waals surface area contributed by atoms with Crippen molar-refractivity contribution in [2.24, 2.45) is 0 Å². The molecule has 0 aromatic heterocycles. The molecule has 0 aliphatic carbocycles. The van der Waals surface area contributed by atoms with Gasteiger partial charge in [0.1, 0.15) is 0 Å². The molecule has 0 aliphatic heterocycles. The van der Waals surface area contributed by atoms with Crippen LogP contribution in [-0.4, -0.2) is 7.11 Å². The van der Waals surface area contributed by atoms with Crippen LogP contribution < -0.4 is 10.1 Å². The lowest BCUT2D eigenvalue weighted by atomic mass is 10.2. The van der Waals surface area contributed by atoms with Crippen molar-refractivity contribution in [2.75, 3.05) is 12.4 Å². The van der Waals surface area contributed by atoms with Crippen LogP contribution in [0.4, 0.5) is 10.1 Å². The van der Waals surface area contributed by atoms with E-state index in [1.165, 1.54) is 13.2 Å². The first-order valence-corrected chi connectivity index (χ1v) is 6.85. The maximum Gasteiger partial charge on any atom is 0.165 e. The summed E-state index contributed by atoms with van der Waals surface area (Å²) >= 11 is 17.8. The molecular weight excluding hydrogens is 324 g/mol. The Morgan fingerprint density at radius 2 is 1.75 bits per heavy atom. The molecule has 0 radical (unpaired) electrons. The van der Waals surface area contributed by atoms with Crippen LogP contribution in [0.15, 0.2) is 30.3 Å². The quantitative estimate of drug-likeness (QED) is 0.755. The van der Waals surface area contributed by atoms with Gasteiger partial charge in [-0.25, -0.2) is 4.39 Å². The second-order valence-corrected chi connectivity index (χ2v) is 5.29. The first-order chi connectivity index (χ1) is 9.51. The predicted molar refractivity (Wildman–Crippen MR) is 81.8 cm³/mol. The third kappa shape index (κ3) is 3.48.